The Morgan fingerprint density at radius 3 is 2.62 bits per heavy atom. The van der Waals surface area contributed by atoms with Crippen molar-refractivity contribution in [1.82, 2.24) is 24.6 Å². The standard InChI is InChI=1S/C26H28N8/c1-16(2)22-15-31-34-24(22)32-25(28-4)33-26(34)30-14-18-7-5-6-8-20(18)23-21-10-9-19(27-3)13-17(21)11-12-29-23/h5-13,15-16,27H,14H2,1-4H3,(H2,28,30,32,33). The van der Waals surface area contributed by atoms with Gasteiger partial charge in [-0.05, 0) is 35.1 Å². The highest BCUT2D eigenvalue weighted by Gasteiger charge is 2.16. The quantitative estimate of drug-likeness (QED) is 0.314. The van der Waals surface area contributed by atoms with E-state index < -0.39 is 0 Å². The van der Waals surface area contributed by atoms with Gasteiger partial charge in [0.1, 0.15) is 0 Å². The Balaban J connectivity index is 1.53. The van der Waals surface area contributed by atoms with E-state index in [-0.39, 0.29) is 0 Å². The molecule has 0 unspecified atom stereocenters. The van der Waals surface area contributed by atoms with Crippen molar-refractivity contribution < 1.29 is 0 Å². The maximum absolute atomic E-state index is 4.75. The van der Waals surface area contributed by atoms with E-state index in [1.807, 2.05) is 44.7 Å². The fourth-order valence-corrected chi connectivity index (χ4v) is 4.16. The van der Waals surface area contributed by atoms with Gasteiger partial charge in [0.2, 0.25) is 11.9 Å². The van der Waals surface area contributed by atoms with E-state index in [0.29, 0.717) is 24.4 Å². The largest absolute Gasteiger partial charge is 0.388 e. The van der Waals surface area contributed by atoms with Crippen LogP contribution in [0.15, 0.2) is 60.9 Å². The first-order valence-corrected chi connectivity index (χ1v) is 11.4. The molecule has 3 aromatic heterocycles. The van der Waals surface area contributed by atoms with Crippen LogP contribution in [0, 0.1) is 0 Å². The average Bonchev–Trinajstić information content (AvgIpc) is 3.31. The third kappa shape index (κ3) is 3.87. The molecule has 0 amide bonds. The molecule has 0 fully saturated rings. The van der Waals surface area contributed by atoms with Gasteiger partial charge in [-0.25, -0.2) is 0 Å². The Labute approximate surface area is 198 Å². The van der Waals surface area contributed by atoms with E-state index in [2.05, 4.69) is 75.2 Å². The summed E-state index contributed by atoms with van der Waals surface area (Å²) in [6, 6.07) is 16.7. The van der Waals surface area contributed by atoms with E-state index >= 15 is 0 Å². The SMILES string of the molecule is CNc1ccc2c(-c3ccccc3CNc3nc(NC)nc4c(C(C)C)cnn34)nccc2c1. The van der Waals surface area contributed by atoms with Gasteiger partial charge in [0.25, 0.3) is 0 Å². The molecule has 3 N–H and O–H groups in total. The minimum atomic E-state index is 0.312. The molecule has 0 radical (unpaired) electrons. The third-order valence-corrected chi connectivity index (χ3v) is 6.00. The van der Waals surface area contributed by atoms with Gasteiger partial charge in [-0.15, -0.1) is 0 Å². The number of nitrogens with zero attached hydrogens (tertiary/aromatic N) is 5. The van der Waals surface area contributed by atoms with Gasteiger partial charge >= 0.3 is 0 Å². The highest BCUT2D eigenvalue weighted by molar-refractivity contribution is 5.96. The molecule has 2 aromatic carbocycles. The lowest BCUT2D eigenvalue weighted by molar-refractivity contribution is 0.866. The Morgan fingerprint density at radius 2 is 1.82 bits per heavy atom. The van der Waals surface area contributed by atoms with Gasteiger partial charge < -0.3 is 16.0 Å². The summed E-state index contributed by atoms with van der Waals surface area (Å²) in [6.07, 6.45) is 3.73. The zero-order chi connectivity index (χ0) is 23.7. The van der Waals surface area contributed by atoms with Crippen LogP contribution in [-0.4, -0.2) is 38.7 Å². The Morgan fingerprint density at radius 1 is 0.971 bits per heavy atom. The summed E-state index contributed by atoms with van der Waals surface area (Å²) < 4.78 is 1.77. The molecule has 0 spiro atoms. The molecule has 0 bridgehead atoms. The molecule has 3 heterocycles. The Hall–Kier alpha value is -4.20. The molecular formula is C26H28N8. The number of nitrogens with one attached hydrogen (secondary N) is 3. The van der Waals surface area contributed by atoms with Crippen LogP contribution in [0.1, 0.15) is 30.9 Å². The van der Waals surface area contributed by atoms with Crippen LogP contribution in [0.25, 0.3) is 27.7 Å². The van der Waals surface area contributed by atoms with E-state index in [0.717, 1.165) is 44.5 Å². The van der Waals surface area contributed by atoms with Gasteiger partial charge in [0.15, 0.2) is 5.65 Å². The highest BCUT2D eigenvalue weighted by Crippen LogP contribution is 2.31. The number of pyridine rings is 1. The maximum atomic E-state index is 4.75. The average molecular weight is 453 g/mol. The minimum Gasteiger partial charge on any atom is -0.388 e. The molecule has 5 rings (SSSR count). The van der Waals surface area contributed by atoms with Crippen molar-refractivity contribution >= 4 is 34.0 Å². The van der Waals surface area contributed by atoms with Crippen LogP contribution in [0.4, 0.5) is 17.6 Å². The van der Waals surface area contributed by atoms with E-state index in [1.165, 1.54) is 0 Å². The second-order valence-electron chi connectivity index (χ2n) is 8.47. The van der Waals surface area contributed by atoms with Crippen molar-refractivity contribution in [1.29, 1.82) is 0 Å². The van der Waals surface area contributed by atoms with Crippen molar-refractivity contribution in [2.45, 2.75) is 26.3 Å². The zero-order valence-corrected chi connectivity index (χ0v) is 19.8. The van der Waals surface area contributed by atoms with Crippen molar-refractivity contribution in [3.63, 3.8) is 0 Å². The van der Waals surface area contributed by atoms with Crippen molar-refractivity contribution in [2.24, 2.45) is 0 Å². The zero-order valence-electron chi connectivity index (χ0n) is 19.8. The van der Waals surface area contributed by atoms with Gasteiger partial charge in [-0.3, -0.25) is 4.98 Å². The predicted molar refractivity (Wildman–Crippen MR) is 138 cm³/mol. The summed E-state index contributed by atoms with van der Waals surface area (Å²) in [5, 5.41) is 16.6. The summed E-state index contributed by atoms with van der Waals surface area (Å²) in [4.78, 5) is 14.0. The van der Waals surface area contributed by atoms with Crippen molar-refractivity contribution in [3.8, 4) is 11.3 Å². The van der Waals surface area contributed by atoms with Gasteiger partial charge in [0.05, 0.1) is 11.9 Å². The molecule has 0 saturated carbocycles. The van der Waals surface area contributed by atoms with Gasteiger partial charge in [0, 0.05) is 49.0 Å². The fourth-order valence-electron chi connectivity index (χ4n) is 4.16. The van der Waals surface area contributed by atoms with Crippen LogP contribution < -0.4 is 16.0 Å². The number of anilines is 3. The van der Waals surface area contributed by atoms with Crippen LogP contribution in [-0.2, 0) is 6.54 Å². The molecule has 0 aliphatic heterocycles. The van der Waals surface area contributed by atoms with Crippen molar-refractivity contribution in [3.05, 3.63) is 72.1 Å². The van der Waals surface area contributed by atoms with Crippen LogP contribution in [0.3, 0.4) is 0 Å². The number of benzene rings is 2. The first kappa shape index (κ1) is 21.6. The second-order valence-corrected chi connectivity index (χ2v) is 8.47. The number of hydrogen-bond acceptors (Lipinski definition) is 7. The number of fused-ring (bicyclic) bond motifs is 2. The lowest BCUT2D eigenvalue weighted by Gasteiger charge is -2.14. The lowest BCUT2D eigenvalue weighted by atomic mass is 9.99. The minimum absolute atomic E-state index is 0.312. The van der Waals surface area contributed by atoms with Crippen LogP contribution in [0.2, 0.25) is 0 Å². The first-order valence-electron chi connectivity index (χ1n) is 11.4. The molecule has 34 heavy (non-hydrogen) atoms. The summed E-state index contributed by atoms with van der Waals surface area (Å²) in [5.74, 6) is 1.51. The van der Waals surface area contributed by atoms with E-state index in [1.54, 1.807) is 4.52 Å². The highest BCUT2D eigenvalue weighted by atomic mass is 15.4. The number of hydrogen-bond donors (Lipinski definition) is 3. The molecule has 5 aromatic rings. The second kappa shape index (κ2) is 8.97. The topological polar surface area (TPSA) is 92.1 Å². The summed E-state index contributed by atoms with van der Waals surface area (Å²) in [7, 11) is 3.75. The van der Waals surface area contributed by atoms with E-state index in [4.69, 9.17) is 4.98 Å². The Kier molecular flexibility index (Phi) is 5.71. The first-order chi connectivity index (χ1) is 16.6. The normalized spacial score (nSPS) is 11.3. The maximum Gasteiger partial charge on any atom is 0.229 e. The summed E-state index contributed by atoms with van der Waals surface area (Å²) >= 11 is 0. The molecule has 0 saturated heterocycles. The predicted octanol–water partition coefficient (Wildman–Crippen LogP) is 5.16. The monoisotopic (exact) mass is 452 g/mol. The molecule has 8 heteroatoms. The smallest absolute Gasteiger partial charge is 0.229 e. The molecule has 8 nitrogen and oxygen atoms in total. The van der Waals surface area contributed by atoms with Crippen molar-refractivity contribution in [2.75, 3.05) is 30.0 Å². The molecule has 0 aliphatic carbocycles. The lowest BCUT2D eigenvalue weighted by Crippen LogP contribution is -2.11. The molecular weight excluding hydrogens is 424 g/mol. The van der Waals surface area contributed by atoms with Gasteiger partial charge in [-0.2, -0.15) is 19.6 Å². The number of rotatable bonds is 7. The van der Waals surface area contributed by atoms with Gasteiger partial charge in [-0.1, -0.05) is 44.2 Å². The Bertz CT molecular complexity index is 1470. The molecule has 172 valence electrons. The van der Waals surface area contributed by atoms with E-state index in [9.17, 15) is 0 Å². The molecule has 0 atom stereocenters. The van der Waals surface area contributed by atoms with Crippen LogP contribution in [0.5, 0.6) is 0 Å². The summed E-state index contributed by atoms with van der Waals surface area (Å²) in [6.45, 7) is 4.84. The fraction of sp³-hybridized carbons (Fsp3) is 0.231. The number of aromatic nitrogens is 5. The van der Waals surface area contributed by atoms with Crippen LogP contribution >= 0.6 is 0 Å². The third-order valence-electron chi connectivity index (χ3n) is 6.00. The summed E-state index contributed by atoms with van der Waals surface area (Å²) in [5.41, 5.74) is 6.13. The molecule has 0 aliphatic rings.